The molecule has 0 amide bonds. The molecular formula is C14H17F3O. The van der Waals surface area contributed by atoms with Gasteiger partial charge in [0.05, 0.1) is 11.7 Å². The summed E-state index contributed by atoms with van der Waals surface area (Å²) in [6.07, 6.45) is 2.35. The lowest BCUT2D eigenvalue weighted by atomic mass is 9.78. The van der Waals surface area contributed by atoms with Gasteiger partial charge in [0.15, 0.2) is 0 Å². The van der Waals surface area contributed by atoms with Gasteiger partial charge in [-0.2, -0.15) is 0 Å². The SMILES string of the molecule is CC1CCCC(C(O)c2c(F)cc(F)cc2F)C1. The van der Waals surface area contributed by atoms with Gasteiger partial charge in [-0.25, -0.2) is 13.2 Å². The Labute approximate surface area is 105 Å². The zero-order valence-corrected chi connectivity index (χ0v) is 10.3. The minimum absolute atomic E-state index is 0.150. The summed E-state index contributed by atoms with van der Waals surface area (Å²) in [4.78, 5) is 0. The molecular weight excluding hydrogens is 241 g/mol. The Bertz CT molecular complexity index is 410. The Hall–Kier alpha value is -1.03. The minimum atomic E-state index is -1.19. The number of hydrogen-bond acceptors (Lipinski definition) is 1. The van der Waals surface area contributed by atoms with Crippen LogP contribution in [0.5, 0.6) is 0 Å². The third kappa shape index (κ3) is 2.69. The molecule has 3 unspecified atom stereocenters. The Morgan fingerprint density at radius 1 is 1.17 bits per heavy atom. The predicted molar refractivity (Wildman–Crippen MR) is 62.4 cm³/mol. The molecule has 1 nitrogen and oxygen atoms in total. The van der Waals surface area contributed by atoms with Crippen molar-refractivity contribution >= 4 is 0 Å². The zero-order valence-electron chi connectivity index (χ0n) is 10.3. The highest BCUT2D eigenvalue weighted by molar-refractivity contribution is 5.23. The average molecular weight is 258 g/mol. The number of rotatable bonds is 2. The molecule has 18 heavy (non-hydrogen) atoms. The quantitative estimate of drug-likeness (QED) is 0.851. The number of aliphatic hydroxyl groups is 1. The van der Waals surface area contributed by atoms with Crippen LogP contribution in [-0.4, -0.2) is 5.11 Å². The smallest absolute Gasteiger partial charge is 0.134 e. The molecule has 0 heterocycles. The van der Waals surface area contributed by atoms with E-state index in [4.69, 9.17) is 0 Å². The third-order valence-corrected chi connectivity index (χ3v) is 3.76. The van der Waals surface area contributed by atoms with Gasteiger partial charge in [-0.15, -0.1) is 0 Å². The van der Waals surface area contributed by atoms with Crippen LogP contribution in [0.2, 0.25) is 0 Å². The normalized spacial score (nSPS) is 26.1. The summed E-state index contributed by atoms with van der Waals surface area (Å²) in [7, 11) is 0. The van der Waals surface area contributed by atoms with Gasteiger partial charge in [0.1, 0.15) is 17.5 Å². The molecule has 1 aliphatic carbocycles. The highest BCUT2D eigenvalue weighted by atomic mass is 19.1. The van der Waals surface area contributed by atoms with Crippen molar-refractivity contribution in [3.05, 3.63) is 35.1 Å². The van der Waals surface area contributed by atoms with E-state index >= 15 is 0 Å². The zero-order chi connectivity index (χ0) is 13.3. The highest BCUT2D eigenvalue weighted by Crippen LogP contribution is 2.38. The van der Waals surface area contributed by atoms with E-state index in [1.165, 1.54) is 0 Å². The summed E-state index contributed by atoms with van der Waals surface area (Å²) in [6.45, 7) is 2.07. The van der Waals surface area contributed by atoms with Crippen LogP contribution in [0, 0.1) is 29.3 Å². The topological polar surface area (TPSA) is 20.2 Å². The van der Waals surface area contributed by atoms with Gasteiger partial charge in [-0.1, -0.05) is 19.8 Å². The van der Waals surface area contributed by atoms with Crippen molar-refractivity contribution in [1.82, 2.24) is 0 Å². The van der Waals surface area contributed by atoms with Crippen molar-refractivity contribution in [2.45, 2.75) is 38.7 Å². The Morgan fingerprint density at radius 2 is 1.78 bits per heavy atom. The Kier molecular flexibility index (Phi) is 3.95. The number of aliphatic hydroxyl groups excluding tert-OH is 1. The summed E-state index contributed by atoms with van der Waals surface area (Å²) in [5.74, 6) is -2.66. The van der Waals surface area contributed by atoms with Gasteiger partial charge in [0.25, 0.3) is 0 Å². The second kappa shape index (κ2) is 5.31. The number of benzene rings is 1. The third-order valence-electron chi connectivity index (χ3n) is 3.76. The molecule has 0 spiro atoms. The molecule has 1 N–H and O–H groups in total. The standard InChI is InChI=1S/C14H17F3O/c1-8-3-2-4-9(5-8)14(18)13-11(16)6-10(15)7-12(13)17/h6-9,14,18H,2-5H2,1H3. The van der Waals surface area contributed by atoms with Gasteiger partial charge in [-0.05, 0) is 24.7 Å². The largest absolute Gasteiger partial charge is 0.388 e. The highest BCUT2D eigenvalue weighted by Gasteiger charge is 2.30. The fourth-order valence-corrected chi connectivity index (χ4v) is 2.84. The Balaban J connectivity index is 2.25. The second-order valence-corrected chi connectivity index (χ2v) is 5.26. The van der Waals surface area contributed by atoms with Crippen LogP contribution in [0.1, 0.15) is 44.3 Å². The van der Waals surface area contributed by atoms with E-state index in [1.807, 2.05) is 0 Å². The number of halogens is 3. The van der Waals surface area contributed by atoms with Gasteiger partial charge in [0, 0.05) is 12.1 Å². The van der Waals surface area contributed by atoms with Gasteiger partial charge >= 0.3 is 0 Å². The van der Waals surface area contributed by atoms with Crippen LogP contribution in [0.15, 0.2) is 12.1 Å². The van der Waals surface area contributed by atoms with E-state index in [2.05, 4.69) is 6.92 Å². The minimum Gasteiger partial charge on any atom is -0.388 e. The van der Waals surface area contributed by atoms with E-state index in [0.717, 1.165) is 25.7 Å². The van der Waals surface area contributed by atoms with Crippen molar-refractivity contribution in [3.8, 4) is 0 Å². The van der Waals surface area contributed by atoms with Crippen LogP contribution >= 0.6 is 0 Å². The molecule has 2 rings (SSSR count). The summed E-state index contributed by atoms with van der Waals surface area (Å²) < 4.78 is 40.0. The maximum Gasteiger partial charge on any atom is 0.134 e. The molecule has 1 saturated carbocycles. The summed E-state index contributed by atoms with van der Waals surface area (Å²) >= 11 is 0. The molecule has 4 heteroatoms. The summed E-state index contributed by atoms with van der Waals surface area (Å²) in [5, 5.41) is 10.1. The first-order valence-corrected chi connectivity index (χ1v) is 6.31. The van der Waals surface area contributed by atoms with E-state index in [9.17, 15) is 18.3 Å². The predicted octanol–water partition coefficient (Wildman–Crippen LogP) is 3.96. The monoisotopic (exact) mass is 258 g/mol. The van der Waals surface area contributed by atoms with E-state index in [-0.39, 0.29) is 5.92 Å². The first-order chi connectivity index (χ1) is 8.49. The van der Waals surface area contributed by atoms with Crippen molar-refractivity contribution < 1.29 is 18.3 Å². The molecule has 0 bridgehead atoms. The molecule has 1 aromatic carbocycles. The summed E-state index contributed by atoms with van der Waals surface area (Å²) in [6, 6.07) is 1.24. The van der Waals surface area contributed by atoms with Crippen molar-refractivity contribution in [2.24, 2.45) is 11.8 Å². The van der Waals surface area contributed by atoms with E-state index in [1.54, 1.807) is 0 Å². The van der Waals surface area contributed by atoms with Crippen molar-refractivity contribution in [1.29, 1.82) is 0 Å². The van der Waals surface area contributed by atoms with Crippen LogP contribution < -0.4 is 0 Å². The van der Waals surface area contributed by atoms with Crippen LogP contribution in [0.4, 0.5) is 13.2 Å². The molecule has 1 aromatic rings. The lowest BCUT2D eigenvalue weighted by Gasteiger charge is -2.30. The van der Waals surface area contributed by atoms with Crippen molar-refractivity contribution in [2.75, 3.05) is 0 Å². The molecule has 0 saturated heterocycles. The fourth-order valence-electron chi connectivity index (χ4n) is 2.84. The molecule has 1 aliphatic rings. The molecule has 0 radical (unpaired) electrons. The second-order valence-electron chi connectivity index (χ2n) is 5.26. The molecule has 3 atom stereocenters. The maximum atomic E-state index is 13.6. The summed E-state index contributed by atoms with van der Waals surface area (Å²) in [5.41, 5.74) is -0.393. The first-order valence-electron chi connectivity index (χ1n) is 6.31. The number of hydrogen-bond donors (Lipinski definition) is 1. The molecule has 100 valence electrons. The van der Waals surface area contributed by atoms with Crippen molar-refractivity contribution in [3.63, 3.8) is 0 Å². The van der Waals surface area contributed by atoms with Crippen LogP contribution in [0.25, 0.3) is 0 Å². The lowest BCUT2D eigenvalue weighted by molar-refractivity contribution is 0.0652. The maximum absolute atomic E-state index is 13.6. The van der Waals surface area contributed by atoms with Crippen LogP contribution in [-0.2, 0) is 0 Å². The van der Waals surface area contributed by atoms with Gasteiger partial charge in [0.2, 0.25) is 0 Å². The molecule has 1 fully saturated rings. The average Bonchev–Trinajstić information content (AvgIpc) is 2.27. The van der Waals surface area contributed by atoms with Crippen LogP contribution in [0.3, 0.4) is 0 Å². The van der Waals surface area contributed by atoms with E-state index in [0.29, 0.717) is 18.1 Å². The fraction of sp³-hybridized carbons (Fsp3) is 0.571. The Morgan fingerprint density at radius 3 is 2.33 bits per heavy atom. The molecule has 0 aliphatic heterocycles. The van der Waals surface area contributed by atoms with Gasteiger partial charge < -0.3 is 5.11 Å². The van der Waals surface area contributed by atoms with E-state index < -0.39 is 29.1 Å². The lowest BCUT2D eigenvalue weighted by Crippen LogP contribution is -2.22. The first kappa shape index (κ1) is 13.4. The molecule has 0 aromatic heterocycles. The van der Waals surface area contributed by atoms with Gasteiger partial charge in [-0.3, -0.25) is 0 Å².